The zero-order valence-electron chi connectivity index (χ0n) is 16.4. The van der Waals surface area contributed by atoms with Gasteiger partial charge in [-0.05, 0) is 25.0 Å². The first-order valence-corrected chi connectivity index (χ1v) is 9.60. The molecular weight excluding hydrogens is 342 g/mol. The van der Waals surface area contributed by atoms with Gasteiger partial charge in [-0.2, -0.15) is 0 Å². The monoisotopic (exact) mass is 371 g/mol. The highest BCUT2D eigenvalue weighted by Gasteiger charge is 2.11. The third kappa shape index (κ3) is 5.39. The van der Waals surface area contributed by atoms with E-state index in [-0.39, 0.29) is 0 Å². The fourth-order valence-electron chi connectivity index (χ4n) is 2.89. The van der Waals surface area contributed by atoms with Gasteiger partial charge in [-0.3, -0.25) is 0 Å². The van der Waals surface area contributed by atoms with E-state index in [1.165, 1.54) is 0 Å². The molecule has 1 aromatic carbocycles. The van der Waals surface area contributed by atoms with Gasteiger partial charge in [0.1, 0.15) is 12.4 Å². The van der Waals surface area contributed by atoms with Crippen LogP contribution in [0.3, 0.4) is 0 Å². The van der Waals surface area contributed by atoms with Crippen LogP contribution in [0, 0.1) is 5.92 Å². The van der Waals surface area contributed by atoms with E-state index < -0.39 is 0 Å². The molecule has 0 bridgehead atoms. The van der Waals surface area contributed by atoms with Crippen molar-refractivity contribution in [1.82, 2.24) is 14.9 Å². The van der Waals surface area contributed by atoms with E-state index >= 15 is 0 Å². The Morgan fingerprint density at radius 1 is 1.26 bits per heavy atom. The Bertz CT molecular complexity index is 769. The lowest BCUT2D eigenvalue weighted by atomic mass is 10.2. The molecule has 1 aromatic heterocycles. The summed E-state index contributed by atoms with van der Waals surface area (Å²) in [5.74, 6) is 3.79. The van der Waals surface area contributed by atoms with Crippen LogP contribution in [0.25, 0.3) is 0 Å². The van der Waals surface area contributed by atoms with Gasteiger partial charge >= 0.3 is 0 Å². The van der Waals surface area contributed by atoms with Gasteiger partial charge in [-0.1, -0.05) is 13.8 Å². The Kier molecular flexibility index (Phi) is 6.57. The largest absolute Gasteiger partial charge is 0.490 e. The molecule has 0 saturated carbocycles. The number of imidazole rings is 1. The smallest absolute Gasteiger partial charge is 0.196 e. The first kappa shape index (κ1) is 19.1. The number of fused-ring (bicyclic) bond motifs is 1. The first-order valence-electron chi connectivity index (χ1n) is 9.60. The topological polar surface area (TPSA) is 72.7 Å². The maximum Gasteiger partial charge on any atom is 0.196 e. The highest BCUT2D eigenvalue weighted by atomic mass is 16.5. The Hall–Kier alpha value is -2.70. The normalized spacial score (nSPS) is 14.1. The number of nitrogens with zero attached hydrogens (tertiary/aromatic N) is 3. The molecule has 0 unspecified atom stereocenters. The minimum atomic E-state index is 0.513. The second-order valence-electron chi connectivity index (χ2n) is 6.92. The molecule has 3 rings (SSSR count). The number of ether oxygens (including phenoxy) is 2. The highest BCUT2D eigenvalue weighted by molar-refractivity contribution is 5.93. The molecule has 0 radical (unpaired) electrons. The minimum absolute atomic E-state index is 0.513. The molecule has 7 heteroatoms. The number of hydrogen-bond donors (Lipinski definition) is 2. The van der Waals surface area contributed by atoms with E-state index in [2.05, 4.69) is 39.0 Å². The van der Waals surface area contributed by atoms with Crippen LogP contribution in [0.2, 0.25) is 0 Å². The molecule has 0 atom stereocenters. The summed E-state index contributed by atoms with van der Waals surface area (Å²) in [4.78, 5) is 9.13. The van der Waals surface area contributed by atoms with Crippen LogP contribution >= 0.6 is 0 Å². The second kappa shape index (κ2) is 9.30. The Morgan fingerprint density at radius 2 is 2.07 bits per heavy atom. The lowest BCUT2D eigenvalue weighted by Gasteiger charge is -2.14. The third-order valence-electron chi connectivity index (χ3n) is 4.10. The average molecular weight is 371 g/mol. The number of guanidine groups is 1. The summed E-state index contributed by atoms with van der Waals surface area (Å²) < 4.78 is 13.6. The van der Waals surface area contributed by atoms with E-state index in [1.807, 2.05) is 37.5 Å². The van der Waals surface area contributed by atoms with E-state index in [4.69, 9.17) is 9.47 Å². The minimum Gasteiger partial charge on any atom is -0.490 e. The summed E-state index contributed by atoms with van der Waals surface area (Å²) in [6.45, 7) is 10.0. The van der Waals surface area contributed by atoms with Gasteiger partial charge in [0.25, 0.3) is 0 Å². The maximum atomic E-state index is 5.76. The summed E-state index contributed by atoms with van der Waals surface area (Å²) in [5.41, 5.74) is 0.907. The van der Waals surface area contributed by atoms with Crippen molar-refractivity contribution < 1.29 is 9.47 Å². The van der Waals surface area contributed by atoms with Crippen molar-refractivity contribution in [2.24, 2.45) is 10.9 Å². The SMILES string of the molecule is CCNC(=NCc1nccn1CC(C)C)Nc1ccc2c(c1)OCCCO2. The quantitative estimate of drug-likeness (QED) is 0.602. The van der Waals surface area contributed by atoms with Gasteiger partial charge in [-0.25, -0.2) is 9.98 Å². The van der Waals surface area contributed by atoms with Crippen LogP contribution < -0.4 is 20.1 Å². The Balaban J connectivity index is 1.71. The number of aliphatic imine (C=N–C) groups is 1. The van der Waals surface area contributed by atoms with Crippen LogP contribution in [0.1, 0.15) is 33.0 Å². The van der Waals surface area contributed by atoms with E-state index in [0.717, 1.165) is 42.5 Å². The van der Waals surface area contributed by atoms with Gasteiger partial charge in [0.15, 0.2) is 17.5 Å². The summed E-state index contributed by atoms with van der Waals surface area (Å²) in [6.07, 6.45) is 4.73. The van der Waals surface area contributed by atoms with Gasteiger partial charge in [0, 0.05) is 43.7 Å². The average Bonchev–Trinajstić information content (AvgIpc) is 2.93. The summed E-state index contributed by atoms with van der Waals surface area (Å²) in [6, 6.07) is 5.86. The molecule has 1 aliphatic heterocycles. The Morgan fingerprint density at radius 3 is 2.85 bits per heavy atom. The van der Waals surface area contributed by atoms with Crippen molar-refractivity contribution in [3.05, 3.63) is 36.4 Å². The van der Waals surface area contributed by atoms with Crippen LogP contribution in [0.15, 0.2) is 35.6 Å². The number of nitrogens with one attached hydrogen (secondary N) is 2. The molecule has 27 heavy (non-hydrogen) atoms. The fraction of sp³-hybridized carbons (Fsp3) is 0.500. The molecule has 2 aromatic rings. The van der Waals surface area contributed by atoms with E-state index in [9.17, 15) is 0 Å². The van der Waals surface area contributed by atoms with Crippen LogP contribution in [-0.4, -0.2) is 35.3 Å². The summed E-state index contributed by atoms with van der Waals surface area (Å²) in [7, 11) is 0. The lowest BCUT2D eigenvalue weighted by molar-refractivity contribution is 0.297. The molecule has 2 N–H and O–H groups in total. The number of benzene rings is 1. The summed E-state index contributed by atoms with van der Waals surface area (Å²) in [5, 5.41) is 6.62. The molecule has 1 aliphatic rings. The van der Waals surface area contributed by atoms with Gasteiger partial charge in [0.05, 0.1) is 13.2 Å². The molecule has 146 valence electrons. The standard InChI is InChI=1S/C20H29N5O2/c1-4-21-20(23-13-19-22-8-9-25(19)14-15(2)3)24-16-6-7-17-18(12-16)27-11-5-10-26-17/h6-9,12,15H,4-5,10-11,13-14H2,1-3H3,(H2,21,23,24). The number of aromatic nitrogens is 2. The molecule has 0 fully saturated rings. The fourth-order valence-corrected chi connectivity index (χ4v) is 2.89. The predicted molar refractivity (Wildman–Crippen MR) is 108 cm³/mol. The van der Waals surface area contributed by atoms with Crippen molar-refractivity contribution in [2.45, 2.75) is 40.3 Å². The zero-order chi connectivity index (χ0) is 19.1. The highest BCUT2D eigenvalue weighted by Crippen LogP contribution is 2.32. The van der Waals surface area contributed by atoms with Crippen LogP contribution in [0.5, 0.6) is 11.5 Å². The molecule has 0 spiro atoms. The van der Waals surface area contributed by atoms with Crippen molar-refractivity contribution in [2.75, 3.05) is 25.1 Å². The zero-order valence-corrected chi connectivity index (χ0v) is 16.4. The number of anilines is 1. The molecule has 0 aliphatic carbocycles. The van der Waals surface area contributed by atoms with Gasteiger partial charge < -0.3 is 24.7 Å². The first-order chi connectivity index (χ1) is 13.2. The lowest BCUT2D eigenvalue weighted by Crippen LogP contribution is -2.30. The Labute approximate surface area is 160 Å². The van der Waals surface area contributed by atoms with E-state index in [1.54, 1.807) is 0 Å². The maximum absolute atomic E-state index is 5.76. The second-order valence-corrected chi connectivity index (χ2v) is 6.92. The van der Waals surface area contributed by atoms with Crippen molar-refractivity contribution in [3.63, 3.8) is 0 Å². The van der Waals surface area contributed by atoms with Crippen molar-refractivity contribution in [1.29, 1.82) is 0 Å². The van der Waals surface area contributed by atoms with Crippen molar-refractivity contribution in [3.8, 4) is 11.5 Å². The summed E-state index contributed by atoms with van der Waals surface area (Å²) >= 11 is 0. The molecule has 7 nitrogen and oxygen atoms in total. The number of hydrogen-bond acceptors (Lipinski definition) is 4. The van der Waals surface area contributed by atoms with Gasteiger partial charge in [-0.15, -0.1) is 0 Å². The number of rotatable bonds is 6. The third-order valence-corrected chi connectivity index (χ3v) is 4.10. The molecule has 0 amide bonds. The van der Waals surface area contributed by atoms with Gasteiger partial charge in [0.2, 0.25) is 0 Å². The molecular formula is C20H29N5O2. The molecule has 0 saturated heterocycles. The van der Waals surface area contributed by atoms with E-state index in [0.29, 0.717) is 31.6 Å². The van der Waals surface area contributed by atoms with Crippen LogP contribution in [0.4, 0.5) is 5.69 Å². The predicted octanol–water partition coefficient (Wildman–Crippen LogP) is 3.28. The van der Waals surface area contributed by atoms with Crippen LogP contribution in [-0.2, 0) is 13.1 Å². The van der Waals surface area contributed by atoms with Crippen molar-refractivity contribution >= 4 is 11.6 Å². The molecule has 2 heterocycles.